The number of hydrogen-bond acceptors (Lipinski definition) is 1. The van der Waals surface area contributed by atoms with E-state index in [0.29, 0.717) is 5.43 Å². The first-order chi connectivity index (χ1) is 6.89. The second kappa shape index (κ2) is 4.77. The molecule has 0 atom stereocenters. The topological polar surface area (TPSA) is 17.1 Å². The molecule has 1 aromatic rings. The van der Waals surface area contributed by atoms with E-state index in [1.165, 1.54) is 62.5 Å². The van der Waals surface area contributed by atoms with E-state index >= 15 is 0 Å². The van der Waals surface area contributed by atoms with Crippen LogP contribution in [0.3, 0.4) is 0 Å². The smallest absolute Gasteiger partial charge is 0.185 e. The van der Waals surface area contributed by atoms with Crippen molar-refractivity contribution < 1.29 is 0 Å². The predicted octanol–water partition coefficient (Wildman–Crippen LogP) is 3.14. The van der Waals surface area contributed by atoms with Crippen LogP contribution in [-0.4, -0.2) is 0 Å². The largest absolute Gasteiger partial charge is 0.289 e. The molecule has 1 heteroatoms. The Balaban J connectivity index is 1.84. The van der Waals surface area contributed by atoms with E-state index in [1.807, 2.05) is 0 Å². The lowest BCUT2D eigenvalue weighted by molar-refractivity contribution is 0.564. The van der Waals surface area contributed by atoms with Gasteiger partial charge in [0.25, 0.3) is 0 Å². The van der Waals surface area contributed by atoms with Crippen molar-refractivity contribution >= 4 is 0 Å². The summed E-state index contributed by atoms with van der Waals surface area (Å²) in [5.74, 6) is 0. The summed E-state index contributed by atoms with van der Waals surface area (Å²) >= 11 is 0. The van der Waals surface area contributed by atoms with E-state index in [-0.39, 0.29) is 0 Å². The molecule has 14 heavy (non-hydrogen) atoms. The normalized spacial score (nSPS) is 21.1. The first-order valence-electron chi connectivity index (χ1n) is 6.16. The van der Waals surface area contributed by atoms with Gasteiger partial charge >= 0.3 is 0 Å². The molecule has 0 unspecified atom stereocenters. The van der Waals surface area contributed by atoms with Crippen molar-refractivity contribution in [3.8, 4) is 0 Å². The van der Waals surface area contributed by atoms with E-state index < -0.39 is 0 Å². The average Bonchev–Trinajstić information content (AvgIpc) is 2.76. The molecule has 1 nitrogen and oxygen atoms in total. The van der Waals surface area contributed by atoms with Crippen LogP contribution in [-0.2, 0) is 12.8 Å². The third-order valence-electron chi connectivity index (χ3n) is 3.45. The van der Waals surface area contributed by atoms with Crippen LogP contribution < -0.4 is 5.43 Å². The lowest BCUT2D eigenvalue weighted by Crippen LogP contribution is -1.86. The Bertz CT molecular complexity index is 264. The van der Waals surface area contributed by atoms with Crippen LogP contribution in [0.5, 0.6) is 0 Å². The summed E-state index contributed by atoms with van der Waals surface area (Å²) in [6, 6.07) is 0. The Kier molecular flexibility index (Phi) is 3.39. The highest BCUT2D eigenvalue weighted by Crippen LogP contribution is 2.19. The molecular formula is C13H20O. The van der Waals surface area contributed by atoms with Crippen LogP contribution in [0.4, 0.5) is 0 Å². The molecule has 1 aromatic carbocycles. The van der Waals surface area contributed by atoms with Gasteiger partial charge in [-0.25, -0.2) is 0 Å². The maximum absolute atomic E-state index is 11.3. The van der Waals surface area contributed by atoms with E-state index in [2.05, 4.69) is 0 Å². The van der Waals surface area contributed by atoms with Crippen LogP contribution in [0, 0.1) is 0 Å². The van der Waals surface area contributed by atoms with E-state index in [0.717, 1.165) is 12.8 Å². The Labute approximate surface area is 86.2 Å². The second-order valence-corrected chi connectivity index (χ2v) is 4.61. The van der Waals surface area contributed by atoms with Crippen LogP contribution in [0.1, 0.15) is 62.5 Å². The third-order valence-corrected chi connectivity index (χ3v) is 3.45. The molecule has 0 aliphatic heterocycles. The molecule has 2 rings (SSSR count). The monoisotopic (exact) mass is 192 g/mol. The van der Waals surface area contributed by atoms with Crippen molar-refractivity contribution in [3.05, 3.63) is 21.4 Å². The van der Waals surface area contributed by atoms with Crippen molar-refractivity contribution in [2.24, 2.45) is 0 Å². The van der Waals surface area contributed by atoms with Gasteiger partial charge in [0.2, 0.25) is 0 Å². The molecule has 0 radical (unpaired) electrons. The molecule has 0 fully saturated rings. The molecular weight excluding hydrogens is 172 g/mol. The van der Waals surface area contributed by atoms with Crippen LogP contribution in [0.2, 0.25) is 0 Å². The van der Waals surface area contributed by atoms with Crippen molar-refractivity contribution in [1.82, 2.24) is 0 Å². The zero-order chi connectivity index (χ0) is 9.80. The minimum absolute atomic E-state index is 0.421. The van der Waals surface area contributed by atoms with Gasteiger partial charge in [-0.3, -0.25) is 4.79 Å². The minimum atomic E-state index is 0.421. The molecule has 0 amide bonds. The summed E-state index contributed by atoms with van der Waals surface area (Å²) in [5.41, 5.74) is 2.82. The SMILES string of the molecule is O=c1c2c1CCCCCCCCCC2. The summed E-state index contributed by atoms with van der Waals surface area (Å²) in [4.78, 5) is 11.3. The quantitative estimate of drug-likeness (QED) is 0.617. The standard InChI is InChI=1S/C13H20O/c14-13-11-9-7-5-3-1-2-4-6-8-10-12(11)13/h1-10H2. The minimum Gasteiger partial charge on any atom is -0.289 e. The molecule has 1 aliphatic rings. The highest BCUT2D eigenvalue weighted by atomic mass is 16.1. The molecule has 0 saturated carbocycles. The lowest BCUT2D eigenvalue weighted by atomic mass is 10.0. The highest BCUT2D eigenvalue weighted by molar-refractivity contribution is 5.39. The molecule has 0 heterocycles. The Morgan fingerprint density at radius 1 is 0.571 bits per heavy atom. The van der Waals surface area contributed by atoms with Gasteiger partial charge in [0.15, 0.2) is 5.43 Å². The molecule has 78 valence electrons. The number of rotatable bonds is 0. The summed E-state index contributed by atoms with van der Waals surface area (Å²) in [6.45, 7) is 0. The van der Waals surface area contributed by atoms with Gasteiger partial charge in [-0.05, 0) is 25.7 Å². The Hall–Kier alpha value is -0.590. The van der Waals surface area contributed by atoms with E-state index in [9.17, 15) is 4.79 Å². The summed E-state index contributed by atoms with van der Waals surface area (Å²) in [6.07, 6.45) is 12.8. The van der Waals surface area contributed by atoms with Crippen molar-refractivity contribution in [3.63, 3.8) is 0 Å². The fraction of sp³-hybridized carbons (Fsp3) is 0.769. The van der Waals surface area contributed by atoms with Gasteiger partial charge < -0.3 is 0 Å². The first-order valence-corrected chi connectivity index (χ1v) is 6.16. The Morgan fingerprint density at radius 2 is 0.929 bits per heavy atom. The zero-order valence-corrected chi connectivity index (χ0v) is 8.98. The van der Waals surface area contributed by atoms with Crippen LogP contribution in [0.15, 0.2) is 4.79 Å². The van der Waals surface area contributed by atoms with Crippen LogP contribution >= 0.6 is 0 Å². The van der Waals surface area contributed by atoms with E-state index in [1.54, 1.807) is 0 Å². The van der Waals surface area contributed by atoms with Gasteiger partial charge in [-0.2, -0.15) is 0 Å². The van der Waals surface area contributed by atoms with Gasteiger partial charge in [0.1, 0.15) is 0 Å². The van der Waals surface area contributed by atoms with Gasteiger partial charge in [0.05, 0.1) is 0 Å². The average molecular weight is 192 g/mol. The molecule has 1 aliphatic carbocycles. The Morgan fingerprint density at radius 3 is 1.36 bits per heavy atom. The fourth-order valence-corrected chi connectivity index (χ4v) is 2.44. The molecule has 0 spiro atoms. The molecule has 0 N–H and O–H groups in total. The third kappa shape index (κ3) is 2.46. The summed E-state index contributed by atoms with van der Waals surface area (Å²) < 4.78 is 0. The maximum Gasteiger partial charge on any atom is 0.185 e. The molecule has 0 bridgehead atoms. The van der Waals surface area contributed by atoms with Crippen molar-refractivity contribution in [1.29, 1.82) is 0 Å². The maximum atomic E-state index is 11.3. The zero-order valence-electron chi connectivity index (χ0n) is 8.98. The van der Waals surface area contributed by atoms with Crippen LogP contribution in [0.25, 0.3) is 0 Å². The number of fused-ring (bicyclic) bond motifs is 1. The van der Waals surface area contributed by atoms with Crippen molar-refractivity contribution in [2.75, 3.05) is 0 Å². The van der Waals surface area contributed by atoms with E-state index in [4.69, 9.17) is 0 Å². The summed E-state index contributed by atoms with van der Waals surface area (Å²) in [7, 11) is 0. The summed E-state index contributed by atoms with van der Waals surface area (Å²) in [5, 5.41) is 0. The lowest BCUT2D eigenvalue weighted by Gasteiger charge is -2.02. The van der Waals surface area contributed by atoms with Gasteiger partial charge in [0, 0.05) is 11.1 Å². The van der Waals surface area contributed by atoms with Gasteiger partial charge in [-0.1, -0.05) is 38.5 Å². The van der Waals surface area contributed by atoms with Gasteiger partial charge in [-0.15, -0.1) is 0 Å². The number of hydrogen-bond donors (Lipinski definition) is 0. The second-order valence-electron chi connectivity index (χ2n) is 4.61. The molecule has 0 aromatic heterocycles. The fourth-order valence-electron chi connectivity index (χ4n) is 2.44. The first kappa shape index (κ1) is 9.95. The molecule has 0 saturated heterocycles. The highest BCUT2D eigenvalue weighted by Gasteiger charge is 2.20. The van der Waals surface area contributed by atoms with Crippen molar-refractivity contribution in [2.45, 2.75) is 64.2 Å². The predicted molar refractivity (Wildman–Crippen MR) is 59.4 cm³/mol.